The standard InChI is InChI=1S/C6H10N2O/c1-2-6(4-9)3-7-5-8-6/h3,5,9H,2,4H2,1H3. The van der Waals surface area contributed by atoms with Crippen molar-refractivity contribution < 1.29 is 5.11 Å². The van der Waals surface area contributed by atoms with Crippen LogP contribution in [0.3, 0.4) is 0 Å². The molecule has 0 aromatic heterocycles. The maximum Gasteiger partial charge on any atom is 0.120 e. The summed E-state index contributed by atoms with van der Waals surface area (Å²) in [5, 5.41) is 8.81. The van der Waals surface area contributed by atoms with Gasteiger partial charge in [-0.15, -0.1) is 0 Å². The third kappa shape index (κ3) is 1.00. The van der Waals surface area contributed by atoms with Crippen LogP contribution in [0.2, 0.25) is 0 Å². The van der Waals surface area contributed by atoms with Crippen molar-refractivity contribution in [2.45, 2.75) is 18.9 Å². The van der Waals surface area contributed by atoms with Crippen LogP contribution in [0.15, 0.2) is 9.98 Å². The molecule has 0 radical (unpaired) electrons. The highest BCUT2D eigenvalue weighted by atomic mass is 16.3. The maximum absolute atomic E-state index is 8.81. The van der Waals surface area contributed by atoms with Gasteiger partial charge in [0.25, 0.3) is 0 Å². The molecule has 1 atom stereocenters. The van der Waals surface area contributed by atoms with Crippen LogP contribution in [0.5, 0.6) is 0 Å². The minimum atomic E-state index is -0.389. The molecular weight excluding hydrogens is 116 g/mol. The Labute approximate surface area is 54.1 Å². The minimum absolute atomic E-state index is 0.0590. The quantitative estimate of drug-likeness (QED) is 0.566. The van der Waals surface area contributed by atoms with E-state index in [0.29, 0.717) is 0 Å². The van der Waals surface area contributed by atoms with Crippen molar-refractivity contribution in [1.82, 2.24) is 0 Å². The van der Waals surface area contributed by atoms with E-state index in [1.165, 1.54) is 6.34 Å². The second-order valence-corrected chi connectivity index (χ2v) is 2.14. The predicted molar refractivity (Wildman–Crippen MR) is 37.1 cm³/mol. The zero-order valence-corrected chi connectivity index (χ0v) is 5.41. The average molecular weight is 126 g/mol. The molecule has 0 aliphatic carbocycles. The van der Waals surface area contributed by atoms with E-state index in [9.17, 15) is 0 Å². The van der Waals surface area contributed by atoms with E-state index in [4.69, 9.17) is 5.11 Å². The van der Waals surface area contributed by atoms with Gasteiger partial charge in [-0.1, -0.05) is 6.92 Å². The summed E-state index contributed by atoms with van der Waals surface area (Å²) in [6.07, 6.45) is 3.98. The van der Waals surface area contributed by atoms with E-state index >= 15 is 0 Å². The van der Waals surface area contributed by atoms with Crippen molar-refractivity contribution in [3.63, 3.8) is 0 Å². The second kappa shape index (κ2) is 2.27. The van der Waals surface area contributed by atoms with Gasteiger partial charge in [-0.2, -0.15) is 0 Å². The fraction of sp³-hybridized carbons (Fsp3) is 0.667. The molecule has 0 amide bonds. The third-order valence-electron chi connectivity index (χ3n) is 1.58. The summed E-state index contributed by atoms with van der Waals surface area (Å²) < 4.78 is 0. The zero-order chi connectivity index (χ0) is 6.74. The summed E-state index contributed by atoms with van der Waals surface area (Å²) in [5.41, 5.74) is -0.389. The van der Waals surface area contributed by atoms with Gasteiger partial charge in [0.2, 0.25) is 0 Å². The van der Waals surface area contributed by atoms with Crippen molar-refractivity contribution in [1.29, 1.82) is 0 Å². The largest absolute Gasteiger partial charge is 0.393 e. The molecule has 1 aliphatic rings. The molecule has 3 heteroatoms. The van der Waals surface area contributed by atoms with E-state index in [-0.39, 0.29) is 12.1 Å². The Bertz CT molecular complexity index is 133. The van der Waals surface area contributed by atoms with Gasteiger partial charge in [-0.05, 0) is 6.42 Å². The first kappa shape index (κ1) is 6.42. The smallest absolute Gasteiger partial charge is 0.120 e. The summed E-state index contributed by atoms with van der Waals surface area (Å²) in [4.78, 5) is 7.81. The monoisotopic (exact) mass is 126 g/mol. The summed E-state index contributed by atoms with van der Waals surface area (Å²) in [7, 11) is 0. The van der Waals surface area contributed by atoms with E-state index in [1.807, 2.05) is 6.92 Å². The Hall–Kier alpha value is -0.700. The SMILES string of the molecule is CCC1(CO)C=NC=N1. The van der Waals surface area contributed by atoms with Gasteiger partial charge in [0, 0.05) is 6.21 Å². The van der Waals surface area contributed by atoms with Gasteiger partial charge in [0.1, 0.15) is 11.9 Å². The van der Waals surface area contributed by atoms with Gasteiger partial charge in [-0.25, -0.2) is 4.99 Å². The van der Waals surface area contributed by atoms with Gasteiger partial charge < -0.3 is 5.11 Å². The Balaban J connectivity index is 2.69. The molecule has 1 rings (SSSR count). The van der Waals surface area contributed by atoms with E-state index in [2.05, 4.69) is 9.98 Å². The molecule has 3 nitrogen and oxygen atoms in total. The third-order valence-corrected chi connectivity index (χ3v) is 1.58. The molecule has 1 aliphatic heterocycles. The average Bonchev–Trinajstić information content (AvgIpc) is 2.36. The van der Waals surface area contributed by atoms with Gasteiger partial charge in [0.15, 0.2) is 0 Å². The van der Waals surface area contributed by atoms with Gasteiger partial charge in [0.05, 0.1) is 6.61 Å². The predicted octanol–water partition coefficient (Wildman–Crippen LogP) is 0.240. The molecule has 0 saturated heterocycles. The maximum atomic E-state index is 8.81. The van der Waals surface area contributed by atoms with Crippen LogP contribution >= 0.6 is 0 Å². The highest BCUT2D eigenvalue weighted by Gasteiger charge is 2.25. The number of nitrogens with zero attached hydrogens (tertiary/aromatic N) is 2. The number of hydrogen-bond acceptors (Lipinski definition) is 3. The number of aliphatic hydroxyl groups excluding tert-OH is 1. The normalized spacial score (nSPS) is 31.8. The fourth-order valence-corrected chi connectivity index (χ4v) is 0.730. The Morgan fingerprint density at radius 2 is 2.44 bits per heavy atom. The molecule has 0 spiro atoms. The molecule has 9 heavy (non-hydrogen) atoms. The molecule has 1 heterocycles. The van der Waals surface area contributed by atoms with Crippen molar-refractivity contribution in [2.24, 2.45) is 9.98 Å². The highest BCUT2D eigenvalue weighted by molar-refractivity contribution is 5.86. The molecule has 0 aromatic rings. The van der Waals surface area contributed by atoms with Crippen LogP contribution in [0.4, 0.5) is 0 Å². The lowest BCUT2D eigenvalue weighted by Crippen LogP contribution is -2.29. The van der Waals surface area contributed by atoms with E-state index < -0.39 is 0 Å². The Morgan fingerprint density at radius 1 is 1.67 bits per heavy atom. The summed E-state index contributed by atoms with van der Waals surface area (Å²) >= 11 is 0. The molecule has 50 valence electrons. The van der Waals surface area contributed by atoms with Crippen molar-refractivity contribution in [3.8, 4) is 0 Å². The van der Waals surface area contributed by atoms with Crippen LogP contribution in [-0.4, -0.2) is 29.8 Å². The van der Waals surface area contributed by atoms with Crippen LogP contribution in [-0.2, 0) is 0 Å². The lowest BCUT2D eigenvalue weighted by atomic mass is 10.0. The topological polar surface area (TPSA) is 45.0 Å². The van der Waals surface area contributed by atoms with E-state index in [0.717, 1.165) is 6.42 Å². The number of rotatable bonds is 2. The van der Waals surface area contributed by atoms with Crippen molar-refractivity contribution in [2.75, 3.05) is 6.61 Å². The zero-order valence-electron chi connectivity index (χ0n) is 5.41. The number of hydrogen-bond donors (Lipinski definition) is 1. The summed E-state index contributed by atoms with van der Waals surface area (Å²) in [6, 6.07) is 0. The number of aliphatic hydroxyl groups is 1. The highest BCUT2D eigenvalue weighted by Crippen LogP contribution is 2.14. The van der Waals surface area contributed by atoms with Crippen LogP contribution < -0.4 is 0 Å². The van der Waals surface area contributed by atoms with E-state index in [1.54, 1.807) is 6.21 Å². The second-order valence-electron chi connectivity index (χ2n) is 2.14. The van der Waals surface area contributed by atoms with Crippen LogP contribution in [0.25, 0.3) is 0 Å². The Kier molecular flexibility index (Phi) is 1.62. The lowest BCUT2D eigenvalue weighted by Gasteiger charge is -2.15. The van der Waals surface area contributed by atoms with Crippen molar-refractivity contribution in [3.05, 3.63) is 0 Å². The molecule has 0 aromatic carbocycles. The molecule has 0 bridgehead atoms. The molecule has 0 fully saturated rings. The molecular formula is C6H10N2O. The first-order valence-corrected chi connectivity index (χ1v) is 3.02. The number of aliphatic imine (C=N–C) groups is 2. The first-order chi connectivity index (χ1) is 4.33. The summed E-state index contributed by atoms with van der Waals surface area (Å²) in [6.45, 7) is 2.04. The molecule has 1 unspecified atom stereocenters. The van der Waals surface area contributed by atoms with Crippen LogP contribution in [0, 0.1) is 0 Å². The van der Waals surface area contributed by atoms with Crippen molar-refractivity contribution >= 4 is 12.6 Å². The first-order valence-electron chi connectivity index (χ1n) is 3.02. The molecule has 1 N–H and O–H groups in total. The lowest BCUT2D eigenvalue weighted by molar-refractivity contribution is 0.240. The minimum Gasteiger partial charge on any atom is -0.393 e. The molecule has 0 saturated carbocycles. The van der Waals surface area contributed by atoms with Gasteiger partial charge >= 0.3 is 0 Å². The summed E-state index contributed by atoms with van der Waals surface area (Å²) in [5.74, 6) is 0. The fourth-order valence-electron chi connectivity index (χ4n) is 0.730. The Morgan fingerprint density at radius 3 is 2.67 bits per heavy atom. The van der Waals surface area contributed by atoms with Crippen LogP contribution in [0.1, 0.15) is 13.3 Å². The van der Waals surface area contributed by atoms with Gasteiger partial charge in [-0.3, -0.25) is 4.99 Å².